The Morgan fingerprint density at radius 3 is 3.06 bits per heavy atom. The number of benzene rings is 1. The van der Waals surface area contributed by atoms with Crippen LogP contribution in [0, 0.1) is 0 Å². The quantitative estimate of drug-likeness (QED) is 0.700. The van der Waals surface area contributed by atoms with Crippen molar-refractivity contribution in [2.24, 2.45) is 0 Å². The van der Waals surface area contributed by atoms with Gasteiger partial charge in [0.2, 0.25) is 0 Å². The van der Waals surface area contributed by atoms with Gasteiger partial charge < -0.3 is 15.5 Å². The average Bonchev–Trinajstić information content (AvgIpc) is 2.34. The second-order valence-corrected chi connectivity index (χ2v) is 4.78. The molecule has 1 aliphatic carbocycles. The molecule has 4 nitrogen and oxygen atoms in total. The van der Waals surface area contributed by atoms with E-state index in [1.54, 1.807) is 6.07 Å². The number of hydrogen-bond donors (Lipinski definition) is 3. The number of nitrogens with one attached hydrogen (secondary N) is 1. The van der Waals surface area contributed by atoms with Crippen LogP contribution in [-0.4, -0.2) is 22.7 Å². The number of rotatable bonds is 5. The normalized spacial score (nSPS) is 18.3. The number of carbonyl (C=O) groups is 1. The number of hydrogen-bond acceptors (Lipinski definition) is 3. The van der Waals surface area contributed by atoms with E-state index in [0.29, 0.717) is 18.2 Å². The molecule has 1 unspecified atom stereocenters. The molecule has 2 rings (SSSR count). The van der Waals surface area contributed by atoms with Gasteiger partial charge in [-0.2, -0.15) is 0 Å². The van der Waals surface area contributed by atoms with Crippen LogP contribution >= 0.6 is 0 Å². The number of phenols is 1. The Morgan fingerprint density at radius 1 is 1.44 bits per heavy atom. The van der Waals surface area contributed by atoms with Gasteiger partial charge in [-0.05, 0) is 55.5 Å². The van der Waals surface area contributed by atoms with Gasteiger partial charge in [-0.15, -0.1) is 0 Å². The van der Waals surface area contributed by atoms with Gasteiger partial charge in [0.25, 0.3) is 0 Å². The van der Waals surface area contributed by atoms with Gasteiger partial charge in [-0.3, -0.25) is 4.79 Å². The minimum absolute atomic E-state index is 0.210. The van der Waals surface area contributed by atoms with Crippen molar-refractivity contribution in [2.45, 2.75) is 38.1 Å². The van der Waals surface area contributed by atoms with Crippen molar-refractivity contribution in [3.63, 3.8) is 0 Å². The minimum Gasteiger partial charge on any atom is -0.508 e. The summed E-state index contributed by atoms with van der Waals surface area (Å²) in [5.41, 5.74) is 2.45. The Bertz CT molecular complexity index is 431. The lowest BCUT2D eigenvalue weighted by molar-refractivity contribution is -0.137. The molecule has 1 aromatic carbocycles. The van der Waals surface area contributed by atoms with Gasteiger partial charge in [0.1, 0.15) is 5.75 Å². The zero-order valence-electron chi connectivity index (χ0n) is 10.4. The van der Waals surface area contributed by atoms with E-state index in [-0.39, 0.29) is 6.42 Å². The number of aryl methyl sites for hydroxylation is 1. The topological polar surface area (TPSA) is 69.6 Å². The first kappa shape index (κ1) is 12.9. The summed E-state index contributed by atoms with van der Waals surface area (Å²) in [4.78, 5) is 10.4. The predicted octanol–water partition coefficient (Wildman–Crippen LogP) is 2.22. The third-order valence-corrected chi connectivity index (χ3v) is 3.40. The van der Waals surface area contributed by atoms with E-state index in [9.17, 15) is 9.90 Å². The SMILES string of the molecule is O=C(O)CCCNC1CCCc2cc(O)ccc21. The molecule has 4 heteroatoms. The fraction of sp³-hybridized carbons (Fsp3) is 0.500. The summed E-state index contributed by atoms with van der Waals surface area (Å²) >= 11 is 0. The second-order valence-electron chi connectivity index (χ2n) is 4.78. The second kappa shape index (κ2) is 5.87. The van der Waals surface area contributed by atoms with E-state index in [2.05, 4.69) is 5.32 Å². The van der Waals surface area contributed by atoms with Crippen LogP contribution in [-0.2, 0) is 11.2 Å². The van der Waals surface area contributed by atoms with Gasteiger partial charge in [0.05, 0.1) is 0 Å². The summed E-state index contributed by atoms with van der Waals surface area (Å²) in [5.74, 6) is -0.425. The van der Waals surface area contributed by atoms with E-state index < -0.39 is 5.97 Å². The molecular formula is C14H19NO3. The fourth-order valence-electron chi connectivity index (χ4n) is 2.53. The van der Waals surface area contributed by atoms with Gasteiger partial charge in [0, 0.05) is 12.5 Å². The van der Waals surface area contributed by atoms with Crippen molar-refractivity contribution < 1.29 is 15.0 Å². The highest BCUT2D eigenvalue weighted by Crippen LogP contribution is 2.31. The number of aliphatic carboxylic acids is 1. The maximum atomic E-state index is 10.4. The monoisotopic (exact) mass is 249 g/mol. The molecule has 0 aliphatic heterocycles. The van der Waals surface area contributed by atoms with Crippen LogP contribution < -0.4 is 5.32 Å². The lowest BCUT2D eigenvalue weighted by atomic mass is 9.87. The number of carboxylic acids is 1. The largest absolute Gasteiger partial charge is 0.508 e. The molecule has 1 aliphatic rings. The molecule has 18 heavy (non-hydrogen) atoms. The zero-order valence-corrected chi connectivity index (χ0v) is 10.4. The molecule has 98 valence electrons. The molecule has 1 aromatic rings. The molecule has 0 aromatic heterocycles. The number of fused-ring (bicyclic) bond motifs is 1. The number of phenolic OH excluding ortho intramolecular Hbond substituents is 1. The fourth-order valence-corrected chi connectivity index (χ4v) is 2.53. The van der Waals surface area contributed by atoms with Crippen LogP contribution in [0.4, 0.5) is 0 Å². The molecule has 3 N–H and O–H groups in total. The molecular weight excluding hydrogens is 230 g/mol. The van der Waals surface area contributed by atoms with Crippen LogP contribution in [0.1, 0.15) is 42.9 Å². The van der Waals surface area contributed by atoms with Crippen molar-refractivity contribution in [3.05, 3.63) is 29.3 Å². The molecule has 0 saturated carbocycles. The Morgan fingerprint density at radius 2 is 2.28 bits per heavy atom. The lowest BCUT2D eigenvalue weighted by Crippen LogP contribution is -2.26. The van der Waals surface area contributed by atoms with Crippen LogP contribution in [0.25, 0.3) is 0 Å². The maximum absolute atomic E-state index is 10.4. The van der Waals surface area contributed by atoms with Gasteiger partial charge in [-0.1, -0.05) is 6.07 Å². The molecule has 0 spiro atoms. The summed E-state index contributed by atoms with van der Waals surface area (Å²) in [7, 11) is 0. The third-order valence-electron chi connectivity index (χ3n) is 3.40. The average molecular weight is 249 g/mol. The van der Waals surface area contributed by atoms with E-state index in [1.165, 1.54) is 11.1 Å². The Kier molecular flexibility index (Phi) is 4.20. The molecule has 0 radical (unpaired) electrons. The first-order chi connectivity index (χ1) is 8.66. The molecule has 0 amide bonds. The number of carboxylic acid groups (broad SMARTS) is 1. The zero-order chi connectivity index (χ0) is 13.0. The summed E-state index contributed by atoms with van der Waals surface area (Å²) in [6.45, 7) is 0.720. The summed E-state index contributed by atoms with van der Waals surface area (Å²) < 4.78 is 0. The van der Waals surface area contributed by atoms with Crippen LogP contribution in [0.3, 0.4) is 0 Å². The molecule has 0 fully saturated rings. The van der Waals surface area contributed by atoms with E-state index in [4.69, 9.17) is 5.11 Å². The Balaban J connectivity index is 1.93. The first-order valence-corrected chi connectivity index (χ1v) is 6.44. The lowest BCUT2D eigenvalue weighted by Gasteiger charge is -2.26. The van der Waals surface area contributed by atoms with Crippen LogP contribution in [0.2, 0.25) is 0 Å². The third kappa shape index (κ3) is 3.23. The Hall–Kier alpha value is -1.55. The highest BCUT2D eigenvalue weighted by Gasteiger charge is 2.19. The standard InChI is InChI=1S/C14H19NO3/c16-11-6-7-12-10(9-11)3-1-4-13(12)15-8-2-5-14(17)18/h6-7,9,13,15-16H,1-5,8H2,(H,17,18). The predicted molar refractivity (Wildman–Crippen MR) is 68.7 cm³/mol. The van der Waals surface area contributed by atoms with Crippen molar-refractivity contribution in [2.75, 3.05) is 6.54 Å². The van der Waals surface area contributed by atoms with Crippen molar-refractivity contribution >= 4 is 5.97 Å². The highest BCUT2D eigenvalue weighted by atomic mass is 16.4. The molecule has 0 bridgehead atoms. The van der Waals surface area contributed by atoms with E-state index >= 15 is 0 Å². The van der Waals surface area contributed by atoms with Crippen LogP contribution in [0.15, 0.2) is 18.2 Å². The summed E-state index contributed by atoms with van der Waals surface area (Å²) in [6, 6.07) is 5.82. The highest BCUT2D eigenvalue weighted by molar-refractivity contribution is 5.66. The minimum atomic E-state index is -0.745. The summed E-state index contributed by atoms with van der Waals surface area (Å²) in [5, 5.41) is 21.5. The van der Waals surface area contributed by atoms with Crippen molar-refractivity contribution in [1.29, 1.82) is 0 Å². The molecule has 1 atom stereocenters. The first-order valence-electron chi connectivity index (χ1n) is 6.44. The maximum Gasteiger partial charge on any atom is 0.303 e. The van der Waals surface area contributed by atoms with Gasteiger partial charge in [-0.25, -0.2) is 0 Å². The van der Waals surface area contributed by atoms with Crippen molar-refractivity contribution in [1.82, 2.24) is 5.32 Å². The molecule has 0 heterocycles. The van der Waals surface area contributed by atoms with Crippen molar-refractivity contribution in [3.8, 4) is 5.75 Å². The smallest absolute Gasteiger partial charge is 0.303 e. The van der Waals surface area contributed by atoms with E-state index in [1.807, 2.05) is 12.1 Å². The van der Waals surface area contributed by atoms with E-state index in [0.717, 1.165) is 25.8 Å². The molecule has 0 saturated heterocycles. The number of aromatic hydroxyl groups is 1. The van der Waals surface area contributed by atoms with Gasteiger partial charge >= 0.3 is 5.97 Å². The van der Waals surface area contributed by atoms with Crippen LogP contribution in [0.5, 0.6) is 5.75 Å². The van der Waals surface area contributed by atoms with Gasteiger partial charge in [0.15, 0.2) is 0 Å². The summed E-state index contributed by atoms with van der Waals surface area (Å²) in [6.07, 6.45) is 4.05. The Labute approximate surface area is 107 Å².